The monoisotopic (exact) mass is 729 g/mol. The lowest BCUT2D eigenvalue weighted by atomic mass is 9.89. The Kier molecular flexibility index (Phi) is 9.88. The molecule has 7 aromatic carbocycles. The van der Waals surface area contributed by atoms with Crippen LogP contribution in [0.15, 0.2) is 220 Å². The predicted octanol–water partition coefficient (Wildman–Crippen LogP) is 15.6. The average molecular weight is 730 g/mol. The lowest BCUT2D eigenvalue weighted by Gasteiger charge is -2.30. The first-order valence-corrected chi connectivity index (χ1v) is 19.7. The van der Waals surface area contributed by atoms with E-state index in [0.29, 0.717) is 0 Å². The van der Waals surface area contributed by atoms with E-state index in [-0.39, 0.29) is 0 Å². The van der Waals surface area contributed by atoms with Crippen molar-refractivity contribution in [1.82, 2.24) is 0 Å². The lowest BCUT2D eigenvalue weighted by Crippen LogP contribution is -2.13. The molecule has 0 radical (unpaired) electrons. The van der Waals surface area contributed by atoms with E-state index in [1.165, 1.54) is 49.4 Å². The fourth-order valence-corrected chi connectivity index (χ4v) is 8.28. The number of benzene rings is 7. The first-order chi connectivity index (χ1) is 28.2. The molecular weight excluding hydrogens is 687 g/mol. The molecule has 2 aliphatic carbocycles. The normalized spacial score (nSPS) is 13.5. The molecule has 0 amide bonds. The van der Waals surface area contributed by atoms with Crippen LogP contribution in [0.25, 0.3) is 61.0 Å². The molecule has 2 aliphatic rings. The van der Waals surface area contributed by atoms with Crippen molar-refractivity contribution < 1.29 is 0 Å². The van der Waals surface area contributed by atoms with Gasteiger partial charge in [-0.1, -0.05) is 189 Å². The van der Waals surface area contributed by atoms with Crippen molar-refractivity contribution in [3.63, 3.8) is 0 Å². The molecule has 0 aliphatic heterocycles. The summed E-state index contributed by atoms with van der Waals surface area (Å²) in [5, 5.41) is 4.86. The summed E-state index contributed by atoms with van der Waals surface area (Å²) in [6, 6.07) is 51.0. The van der Waals surface area contributed by atoms with E-state index in [2.05, 4.69) is 212 Å². The SMILES string of the molecule is C=C/C=C(\C=C)c1ccc(-c2ccc(N(c3ccc(C4=CC=CCC=C4)c4c3C=CC=CC4)c3cccc4ccccc34)cc2)cc1-c1ccc2ccccc2c1. The Morgan fingerprint density at radius 1 is 0.561 bits per heavy atom. The molecule has 0 spiro atoms. The Balaban J connectivity index is 1.19. The van der Waals surface area contributed by atoms with E-state index in [1.54, 1.807) is 0 Å². The fraction of sp³-hybridized carbons (Fsp3) is 0.0357. The van der Waals surface area contributed by atoms with Crippen LogP contribution in [0, 0.1) is 0 Å². The molecule has 0 N–H and O–H groups in total. The predicted molar refractivity (Wildman–Crippen MR) is 248 cm³/mol. The molecule has 0 aromatic heterocycles. The Morgan fingerprint density at radius 2 is 1.35 bits per heavy atom. The van der Waals surface area contributed by atoms with E-state index in [1.807, 2.05) is 18.2 Å². The fourth-order valence-electron chi connectivity index (χ4n) is 8.28. The number of nitrogens with zero attached hydrogens (tertiary/aromatic N) is 1. The topological polar surface area (TPSA) is 3.24 Å². The summed E-state index contributed by atoms with van der Waals surface area (Å²) >= 11 is 0. The molecule has 272 valence electrons. The molecule has 0 bridgehead atoms. The Bertz CT molecular complexity index is 2860. The largest absolute Gasteiger partial charge is 0.309 e. The van der Waals surface area contributed by atoms with Crippen LogP contribution in [-0.4, -0.2) is 0 Å². The molecule has 0 heterocycles. The molecule has 0 fully saturated rings. The van der Waals surface area contributed by atoms with Gasteiger partial charge in [-0.15, -0.1) is 0 Å². The summed E-state index contributed by atoms with van der Waals surface area (Å²) in [4.78, 5) is 2.45. The minimum atomic E-state index is 0.855. The number of hydrogen-bond donors (Lipinski definition) is 0. The van der Waals surface area contributed by atoms with Crippen molar-refractivity contribution >= 4 is 55.8 Å². The number of hydrogen-bond acceptors (Lipinski definition) is 1. The van der Waals surface area contributed by atoms with Crippen molar-refractivity contribution in [2.45, 2.75) is 12.8 Å². The van der Waals surface area contributed by atoms with Gasteiger partial charge in [0.25, 0.3) is 0 Å². The summed E-state index contributed by atoms with van der Waals surface area (Å²) < 4.78 is 0. The smallest absolute Gasteiger partial charge is 0.0540 e. The highest BCUT2D eigenvalue weighted by atomic mass is 15.1. The second-order valence-electron chi connectivity index (χ2n) is 14.5. The van der Waals surface area contributed by atoms with Gasteiger partial charge in [0.1, 0.15) is 0 Å². The third-order valence-electron chi connectivity index (χ3n) is 11.1. The second-order valence-corrected chi connectivity index (χ2v) is 14.5. The second kappa shape index (κ2) is 15.9. The zero-order valence-electron chi connectivity index (χ0n) is 32.0. The Hall–Kier alpha value is -7.22. The molecular formula is C56H43N. The Morgan fingerprint density at radius 3 is 2.21 bits per heavy atom. The average Bonchev–Trinajstić information content (AvgIpc) is 3.70. The number of anilines is 3. The van der Waals surface area contributed by atoms with Crippen LogP contribution in [0.3, 0.4) is 0 Å². The number of fused-ring (bicyclic) bond motifs is 3. The summed E-state index contributed by atoms with van der Waals surface area (Å²) in [6.45, 7) is 8.12. The maximum Gasteiger partial charge on any atom is 0.0540 e. The van der Waals surface area contributed by atoms with Crippen LogP contribution in [0.1, 0.15) is 28.7 Å². The summed E-state index contributed by atoms with van der Waals surface area (Å²) in [5.74, 6) is 0. The van der Waals surface area contributed by atoms with Gasteiger partial charge < -0.3 is 4.90 Å². The van der Waals surface area contributed by atoms with Crippen LogP contribution in [0.4, 0.5) is 17.1 Å². The first-order valence-electron chi connectivity index (χ1n) is 19.7. The molecule has 1 nitrogen and oxygen atoms in total. The van der Waals surface area contributed by atoms with Gasteiger partial charge in [-0.2, -0.15) is 0 Å². The van der Waals surface area contributed by atoms with Gasteiger partial charge in [-0.3, -0.25) is 0 Å². The van der Waals surface area contributed by atoms with Crippen LogP contribution >= 0.6 is 0 Å². The summed E-state index contributed by atoms with van der Waals surface area (Å²) in [7, 11) is 0. The highest BCUT2D eigenvalue weighted by Gasteiger charge is 2.22. The molecule has 0 atom stereocenters. The van der Waals surface area contributed by atoms with Gasteiger partial charge in [-0.05, 0) is 115 Å². The first kappa shape index (κ1) is 35.5. The third-order valence-corrected chi connectivity index (χ3v) is 11.1. The van der Waals surface area contributed by atoms with Crippen molar-refractivity contribution in [2.75, 3.05) is 4.90 Å². The van der Waals surface area contributed by atoms with Crippen LogP contribution in [-0.2, 0) is 6.42 Å². The molecule has 9 rings (SSSR count). The molecule has 7 aromatic rings. The minimum absolute atomic E-state index is 0.855. The van der Waals surface area contributed by atoms with Gasteiger partial charge in [0.2, 0.25) is 0 Å². The zero-order chi connectivity index (χ0) is 38.6. The highest BCUT2D eigenvalue weighted by molar-refractivity contribution is 6.01. The van der Waals surface area contributed by atoms with Gasteiger partial charge in [0, 0.05) is 16.6 Å². The zero-order valence-corrected chi connectivity index (χ0v) is 32.0. The van der Waals surface area contributed by atoms with E-state index in [9.17, 15) is 0 Å². The summed E-state index contributed by atoms with van der Waals surface area (Å²) in [5.41, 5.74) is 15.3. The van der Waals surface area contributed by atoms with Gasteiger partial charge in [-0.25, -0.2) is 0 Å². The van der Waals surface area contributed by atoms with Crippen molar-refractivity contribution in [3.8, 4) is 22.3 Å². The standard InChI is InChI=1S/C56H43N/c1-3-17-40(4-2)49-35-32-46(39-54(49)47-29-28-41-18-12-13-22-45(41)38-47)42-30-33-48(34-31-42)57(55-27-16-23-44-21-14-15-24-51(44)55)56-37-36-50(43-19-8-5-6-9-20-43)52-25-10-7-11-26-53(52)56/h3-5,7-24,26-39H,1-2,6,25H2/b40-17+. The summed E-state index contributed by atoms with van der Waals surface area (Å²) in [6.07, 6.45) is 27.6. The Labute approximate surface area is 336 Å². The number of rotatable bonds is 9. The van der Waals surface area contributed by atoms with Gasteiger partial charge in [0.05, 0.1) is 11.4 Å². The van der Waals surface area contributed by atoms with Crippen molar-refractivity contribution in [2.24, 2.45) is 0 Å². The molecule has 0 saturated carbocycles. The van der Waals surface area contributed by atoms with Crippen molar-refractivity contribution in [3.05, 3.63) is 242 Å². The molecule has 1 heteroatoms. The van der Waals surface area contributed by atoms with E-state index < -0.39 is 0 Å². The molecule has 0 saturated heterocycles. The molecule has 57 heavy (non-hydrogen) atoms. The van der Waals surface area contributed by atoms with Crippen LogP contribution < -0.4 is 4.90 Å². The third kappa shape index (κ3) is 6.97. The van der Waals surface area contributed by atoms with Gasteiger partial charge >= 0.3 is 0 Å². The van der Waals surface area contributed by atoms with E-state index >= 15 is 0 Å². The number of allylic oxidation sites excluding steroid dienone is 13. The van der Waals surface area contributed by atoms with E-state index in [4.69, 9.17) is 0 Å². The van der Waals surface area contributed by atoms with E-state index in [0.717, 1.165) is 57.7 Å². The van der Waals surface area contributed by atoms with Crippen molar-refractivity contribution in [1.29, 1.82) is 0 Å². The maximum atomic E-state index is 4.14. The maximum absolute atomic E-state index is 4.14. The minimum Gasteiger partial charge on any atom is -0.309 e. The van der Waals surface area contributed by atoms with Crippen LogP contribution in [0.2, 0.25) is 0 Å². The quantitative estimate of drug-likeness (QED) is 0.134. The molecule has 0 unspecified atom stereocenters. The lowest BCUT2D eigenvalue weighted by molar-refractivity contribution is 1.21. The van der Waals surface area contributed by atoms with Crippen LogP contribution in [0.5, 0.6) is 0 Å². The van der Waals surface area contributed by atoms with Gasteiger partial charge in [0.15, 0.2) is 0 Å². The highest BCUT2D eigenvalue weighted by Crippen LogP contribution is 2.44.